The van der Waals surface area contributed by atoms with Gasteiger partial charge >= 0.3 is 0 Å². The van der Waals surface area contributed by atoms with Gasteiger partial charge in [0.1, 0.15) is 5.78 Å². The van der Waals surface area contributed by atoms with Crippen LogP contribution in [-0.4, -0.2) is 24.8 Å². The second kappa shape index (κ2) is 6.33. The SMILES string of the molecule is CC(=O)CCC(c1ccc(C(C)(C)C)cc1)N(C)C. The molecule has 1 atom stereocenters. The fourth-order valence-corrected chi connectivity index (χ4v) is 2.27. The van der Waals surface area contributed by atoms with Crippen molar-refractivity contribution in [1.82, 2.24) is 4.90 Å². The number of nitrogens with zero attached hydrogens (tertiary/aromatic N) is 1. The largest absolute Gasteiger partial charge is 0.302 e. The highest BCUT2D eigenvalue weighted by molar-refractivity contribution is 5.75. The Morgan fingerprint density at radius 3 is 2.05 bits per heavy atom. The number of hydrogen-bond acceptors (Lipinski definition) is 2. The lowest BCUT2D eigenvalue weighted by Gasteiger charge is -2.26. The molecular formula is C17H27NO. The van der Waals surface area contributed by atoms with Gasteiger partial charge in [-0.25, -0.2) is 0 Å². The molecule has 2 heteroatoms. The number of hydrogen-bond donors (Lipinski definition) is 0. The average Bonchev–Trinajstić information content (AvgIpc) is 2.27. The highest BCUT2D eigenvalue weighted by Gasteiger charge is 2.17. The van der Waals surface area contributed by atoms with Gasteiger partial charge in [-0.15, -0.1) is 0 Å². The number of rotatable bonds is 5. The molecule has 0 saturated carbocycles. The number of carbonyl (C=O) groups is 1. The maximum Gasteiger partial charge on any atom is 0.129 e. The predicted molar refractivity (Wildman–Crippen MR) is 81.5 cm³/mol. The summed E-state index contributed by atoms with van der Waals surface area (Å²) in [5.41, 5.74) is 2.82. The molecule has 0 N–H and O–H groups in total. The molecule has 0 radical (unpaired) electrons. The molecule has 0 amide bonds. The van der Waals surface area contributed by atoms with Crippen LogP contribution >= 0.6 is 0 Å². The first kappa shape index (κ1) is 15.9. The molecule has 19 heavy (non-hydrogen) atoms. The van der Waals surface area contributed by atoms with E-state index in [0.29, 0.717) is 12.5 Å². The zero-order valence-electron chi connectivity index (χ0n) is 13.2. The topological polar surface area (TPSA) is 20.3 Å². The minimum Gasteiger partial charge on any atom is -0.302 e. The molecule has 0 saturated heterocycles. The third-order valence-corrected chi connectivity index (χ3v) is 3.55. The van der Waals surface area contributed by atoms with Crippen molar-refractivity contribution in [2.75, 3.05) is 14.1 Å². The third kappa shape index (κ3) is 4.79. The summed E-state index contributed by atoms with van der Waals surface area (Å²) in [4.78, 5) is 13.4. The van der Waals surface area contributed by atoms with Crippen LogP contribution in [0.15, 0.2) is 24.3 Å². The number of ketones is 1. The molecule has 0 aromatic heterocycles. The van der Waals surface area contributed by atoms with E-state index in [1.165, 1.54) is 11.1 Å². The normalized spacial score (nSPS) is 13.6. The number of Topliss-reactive ketones (excluding diaryl/α,β-unsaturated/α-hetero) is 1. The van der Waals surface area contributed by atoms with Crippen LogP contribution in [0.3, 0.4) is 0 Å². The Morgan fingerprint density at radius 2 is 1.68 bits per heavy atom. The lowest BCUT2D eigenvalue weighted by Crippen LogP contribution is -2.21. The number of carbonyl (C=O) groups excluding carboxylic acids is 1. The number of benzene rings is 1. The Bertz CT molecular complexity index is 412. The first-order chi connectivity index (χ1) is 8.71. The van der Waals surface area contributed by atoms with Crippen molar-refractivity contribution in [3.05, 3.63) is 35.4 Å². The molecule has 0 aliphatic carbocycles. The van der Waals surface area contributed by atoms with Crippen molar-refractivity contribution >= 4 is 5.78 Å². The van der Waals surface area contributed by atoms with E-state index >= 15 is 0 Å². The molecule has 0 heterocycles. The van der Waals surface area contributed by atoms with E-state index in [4.69, 9.17) is 0 Å². The molecule has 2 nitrogen and oxygen atoms in total. The van der Waals surface area contributed by atoms with Crippen molar-refractivity contribution in [2.45, 2.75) is 52.0 Å². The van der Waals surface area contributed by atoms with Gasteiger partial charge in [0.25, 0.3) is 0 Å². The van der Waals surface area contributed by atoms with Crippen molar-refractivity contribution < 1.29 is 4.79 Å². The van der Waals surface area contributed by atoms with E-state index in [1.807, 2.05) is 0 Å². The molecule has 0 fully saturated rings. The highest BCUT2D eigenvalue weighted by Crippen LogP contribution is 2.27. The second-order valence-corrected chi connectivity index (χ2v) is 6.59. The monoisotopic (exact) mass is 261 g/mol. The summed E-state index contributed by atoms with van der Waals surface area (Å²) in [5.74, 6) is 0.262. The Kier molecular flexibility index (Phi) is 5.30. The van der Waals surface area contributed by atoms with Gasteiger partial charge in [0.05, 0.1) is 0 Å². The van der Waals surface area contributed by atoms with E-state index in [9.17, 15) is 4.79 Å². The fourth-order valence-electron chi connectivity index (χ4n) is 2.27. The Labute approximate surface area is 117 Å². The third-order valence-electron chi connectivity index (χ3n) is 3.55. The van der Waals surface area contributed by atoms with Crippen LogP contribution in [-0.2, 0) is 10.2 Å². The van der Waals surface area contributed by atoms with Gasteiger partial charge < -0.3 is 9.69 Å². The molecule has 1 unspecified atom stereocenters. The van der Waals surface area contributed by atoms with Crippen molar-refractivity contribution in [3.63, 3.8) is 0 Å². The standard InChI is InChI=1S/C17H27NO/c1-13(19)7-12-16(18(5)6)14-8-10-15(11-9-14)17(2,3)4/h8-11,16H,7,12H2,1-6H3. The van der Waals surface area contributed by atoms with Crippen molar-refractivity contribution in [1.29, 1.82) is 0 Å². The summed E-state index contributed by atoms with van der Waals surface area (Å²) in [6, 6.07) is 9.13. The van der Waals surface area contributed by atoms with Crippen LogP contribution in [0.2, 0.25) is 0 Å². The Morgan fingerprint density at radius 1 is 1.16 bits per heavy atom. The average molecular weight is 261 g/mol. The molecule has 1 aromatic carbocycles. The van der Waals surface area contributed by atoms with E-state index < -0.39 is 0 Å². The zero-order valence-corrected chi connectivity index (χ0v) is 13.2. The van der Waals surface area contributed by atoms with E-state index in [-0.39, 0.29) is 11.2 Å². The van der Waals surface area contributed by atoms with Gasteiger partial charge in [-0.2, -0.15) is 0 Å². The van der Waals surface area contributed by atoms with Crippen molar-refractivity contribution in [2.24, 2.45) is 0 Å². The van der Waals surface area contributed by atoms with Crippen LogP contribution < -0.4 is 0 Å². The molecule has 1 rings (SSSR count). The van der Waals surface area contributed by atoms with Gasteiger partial charge in [-0.05, 0) is 44.0 Å². The minimum absolute atomic E-state index is 0.186. The molecule has 0 aliphatic heterocycles. The maximum atomic E-state index is 11.2. The molecule has 0 spiro atoms. The van der Waals surface area contributed by atoms with Crippen LogP contribution in [0.5, 0.6) is 0 Å². The van der Waals surface area contributed by atoms with E-state index in [0.717, 1.165) is 6.42 Å². The van der Waals surface area contributed by atoms with Gasteiger partial charge in [0.15, 0.2) is 0 Å². The summed E-state index contributed by atoms with van der Waals surface area (Å²) >= 11 is 0. The Balaban J connectivity index is 2.88. The first-order valence-electron chi connectivity index (χ1n) is 6.98. The van der Waals surface area contributed by atoms with Gasteiger partial charge in [-0.1, -0.05) is 45.0 Å². The second-order valence-electron chi connectivity index (χ2n) is 6.59. The summed E-state index contributed by atoms with van der Waals surface area (Å²) < 4.78 is 0. The highest BCUT2D eigenvalue weighted by atomic mass is 16.1. The maximum absolute atomic E-state index is 11.2. The molecule has 0 aliphatic rings. The lowest BCUT2D eigenvalue weighted by atomic mass is 9.86. The van der Waals surface area contributed by atoms with Crippen LogP contribution in [0, 0.1) is 0 Å². The zero-order chi connectivity index (χ0) is 14.6. The Hall–Kier alpha value is -1.15. The van der Waals surface area contributed by atoms with Crippen molar-refractivity contribution in [3.8, 4) is 0 Å². The summed E-state index contributed by atoms with van der Waals surface area (Å²) in [6.07, 6.45) is 1.53. The van der Waals surface area contributed by atoms with E-state index in [2.05, 4.69) is 64.0 Å². The fraction of sp³-hybridized carbons (Fsp3) is 0.588. The van der Waals surface area contributed by atoms with Gasteiger partial charge in [0, 0.05) is 12.5 Å². The molecule has 0 bridgehead atoms. The summed E-state index contributed by atoms with van der Waals surface area (Å²) in [5, 5.41) is 0. The lowest BCUT2D eigenvalue weighted by molar-refractivity contribution is -0.117. The summed E-state index contributed by atoms with van der Waals surface area (Å²) in [7, 11) is 4.14. The first-order valence-corrected chi connectivity index (χ1v) is 6.98. The van der Waals surface area contributed by atoms with Crippen LogP contribution in [0.1, 0.15) is 57.7 Å². The van der Waals surface area contributed by atoms with Gasteiger partial charge in [0.2, 0.25) is 0 Å². The molecule has 1 aromatic rings. The van der Waals surface area contributed by atoms with E-state index in [1.54, 1.807) is 6.92 Å². The smallest absolute Gasteiger partial charge is 0.129 e. The minimum atomic E-state index is 0.186. The predicted octanol–water partition coefficient (Wildman–Crippen LogP) is 3.96. The van der Waals surface area contributed by atoms with Crippen LogP contribution in [0.25, 0.3) is 0 Å². The quantitative estimate of drug-likeness (QED) is 0.799. The van der Waals surface area contributed by atoms with Crippen LogP contribution in [0.4, 0.5) is 0 Å². The summed E-state index contributed by atoms with van der Waals surface area (Å²) in [6.45, 7) is 8.33. The molecular weight excluding hydrogens is 234 g/mol. The van der Waals surface area contributed by atoms with Gasteiger partial charge in [-0.3, -0.25) is 0 Å². The molecule has 106 valence electrons.